The Morgan fingerprint density at radius 3 is 1.90 bits per heavy atom. The quantitative estimate of drug-likeness (QED) is 0.105. The minimum absolute atomic E-state index is 0.207. The van der Waals surface area contributed by atoms with Gasteiger partial charge >= 0.3 is 12.4 Å². The predicted octanol–water partition coefficient (Wildman–Crippen LogP) is 9.73. The Hall–Kier alpha value is -6.58. The zero-order chi connectivity index (χ0) is 35.8. The first-order valence-electron chi connectivity index (χ1n) is 14.9. The number of nitrogens with zero attached hydrogens (tertiary/aromatic N) is 6. The highest BCUT2D eigenvalue weighted by Crippen LogP contribution is 2.47. The van der Waals surface area contributed by atoms with E-state index in [0.29, 0.717) is 50.4 Å². The van der Waals surface area contributed by atoms with Gasteiger partial charge in [0, 0.05) is 16.7 Å². The summed E-state index contributed by atoms with van der Waals surface area (Å²) in [7, 11) is 0. The summed E-state index contributed by atoms with van der Waals surface area (Å²) in [6.45, 7) is 1.77. The van der Waals surface area contributed by atoms with Crippen molar-refractivity contribution in [2.45, 2.75) is 25.7 Å². The van der Waals surface area contributed by atoms with E-state index >= 15 is 0 Å². The summed E-state index contributed by atoms with van der Waals surface area (Å²) in [5.41, 5.74) is 3.46. The normalized spacial score (nSPS) is 14.5. The van der Waals surface area contributed by atoms with Crippen LogP contribution in [0.25, 0.3) is 39.6 Å². The van der Waals surface area contributed by atoms with Crippen LogP contribution in [-0.4, -0.2) is 15.7 Å². The van der Waals surface area contributed by atoms with Gasteiger partial charge in [-0.05, 0) is 71.5 Å². The van der Waals surface area contributed by atoms with Crippen LogP contribution < -0.4 is 0 Å². The van der Waals surface area contributed by atoms with E-state index in [0.717, 1.165) is 24.3 Å². The molecule has 0 aliphatic heterocycles. The summed E-state index contributed by atoms with van der Waals surface area (Å²) in [5.74, 6) is 0. The molecule has 0 saturated carbocycles. The van der Waals surface area contributed by atoms with Gasteiger partial charge in [-0.3, -0.25) is 0 Å². The molecule has 1 heterocycles. The number of alkyl halides is 6. The number of rotatable bonds is 5. The van der Waals surface area contributed by atoms with E-state index in [4.69, 9.17) is 9.97 Å². The Bertz CT molecular complexity index is 2320. The lowest BCUT2D eigenvalue weighted by Gasteiger charge is -2.09. The molecule has 2 aliphatic rings. The van der Waals surface area contributed by atoms with Gasteiger partial charge in [-0.2, -0.15) is 47.1 Å². The number of fused-ring (bicyclic) bond motifs is 4. The van der Waals surface area contributed by atoms with E-state index in [1.165, 1.54) is 24.3 Å². The highest BCUT2D eigenvalue weighted by atomic mass is 19.4. The van der Waals surface area contributed by atoms with Gasteiger partial charge in [0.15, 0.2) is 0 Å². The number of halogens is 6. The minimum Gasteiger partial charge on any atom is -0.243 e. The summed E-state index contributed by atoms with van der Waals surface area (Å²) < 4.78 is 78.5. The van der Waals surface area contributed by atoms with Gasteiger partial charge in [0.05, 0.1) is 22.5 Å². The van der Waals surface area contributed by atoms with Crippen LogP contribution in [0.4, 0.5) is 26.3 Å². The van der Waals surface area contributed by atoms with Crippen LogP contribution in [-0.2, 0) is 12.4 Å². The minimum atomic E-state index is -4.50. The smallest absolute Gasteiger partial charge is 0.243 e. The Morgan fingerprint density at radius 2 is 1.32 bits per heavy atom. The molecule has 0 amide bonds. The Balaban J connectivity index is 1.45. The molecular weight excluding hydrogens is 654 g/mol. The molecular formula is C38H20F6N6. The van der Waals surface area contributed by atoms with E-state index in [1.807, 2.05) is 18.3 Å². The van der Waals surface area contributed by atoms with Crippen molar-refractivity contribution in [3.05, 3.63) is 135 Å². The molecule has 0 radical (unpaired) electrons. The number of aliphatic imine (C=N–C) groups is 1. The van der Waals surface area contributed by atoms with Crippen molar-refractivity contribution in [3.63, 3.8) is 0 Å². The number of allylic oxidation sites excluding steroid dienone is 6. The Morgan fingerprint density at radius 1 is 0.720 bits per heavy atom. The van der Waals surface area contributed by atoms with Crippen LogP contribution in [0.1, 0.15) is 52.7 Å². The van der Waals surface area contributed by atoms with E-state index in [-0.39, 0.29) is 34.7 Å². The summed E-state index contributed by atoms with van der Waals surface area (Å²) >= 11 is 0. The van der Waals surface area contributed by atoms with E-state index in [2.05, 4.69) is 4.99 Å². The van der Waals surface area contributed by atoms with E-state index in [1.54, 1.807) is 49.4 Å². The summed E-state index contributed by atoms with van der Waals surface area (Å²) in [5, 5.41) is 29.5. The second-order valence-corrected chi connectivity index (χ2v) is 11.1. The summed E-state index contributed by atoms with van der Waals surface area (Å²) in [6.07, 6.45) is -0.0729. The lowest BCUT2D eigenvalue weighted by Crippen LogP contribution is -2.06. The van der Waals surface area contributed by atoms with Crippen molar-refractivity contribution < 1.29 is 26.3 Å². The van der Waals surface area contributed by atoms with Crippen molar-refractivity contribution in [2.75, 3.05) is 0 Å². The number of hydrogen-bond donors (Lipinski definition) is 0. The molecule has 0 fully saturated rings. The monoisotopic (exact) mass is 674 g/mol. The molecule has 0 saturated heterocycles. The molecule has 50 heavy (non-hydrogen) atoms. The molecule has 0 atom stereocenters. The first-order valence-corrected chi connectivity index (χ1v) is 14.9. The lowest BCUT2D eigenvalue weighted by atomic mass is 9.96. The van der Waals surface area contributed by atoms with Gasteiger partial charge in [-0.15, -0.1) is 0 Å². The number of aromatic nitrogens is 2. The van der Waals surface area contributed by atoms with Gasteiger partial charge in [0.25, 0.3) is 0 Å². The van der Waals surface area contributed by atoms with Crippen LogP contribution in [0.2, 0.25) is 0 Å². The van der Waals surface area contributed by atoms with Crippen LogP contribution in [0.5, 0.6) is 0 Å². The van der Waals surface area contributed by atoms with Gasteiger partial charge in [-0.25, -0.2) is 9.97 Å². The van der Waals surface area contributed by atoms with E-state index in [9.17, 15) is 42.1 Å². The molecule has 0 N–H and O–H groups in total. The zero-order valence-electron chi connectivity index (χ0n) is 25.8. The summed E-state index contributed by atoms with van der Waals surface area (Å²) in [4.78, 5) is 13.8. The third kappa shape index (κ3) is 5.98. The Kier molecular flexibility index (Phi) is 8.53. The zero-order valence-corrected chi connectivity index (χ0v) is 25.8. The SMILES string of the molecule is C/C=C\C1=C(C/C=C/c2ccc(C(F)(F)F)cc2)C(=N\C#N)/c2nc3c(nc21)C(=C(C#N)C#N)c1cc(-c2ccc(C(F)(F)F)cc2)ccc1-3. The van der Waals surface area contributed by atoms with Crippen LogP contribution >= 0.6 is 0 Å². The van der Waals surface area contributed by atoms with E-state index < -0.39 is 23.5 Å². The highest BCUT2D eigenvalue weighted by Gasteiger charge is 2.37. The lowest BCUT2D eigenvalue weighted by molar-refractivity contribution is -0.138. The van der Waals surface area contributed by atoms with Crippen LogP contribution in [0.3, 0.4) is 0 Å². The maximum absolute atomic E-state index is 13.2. The highest BCUT2D eigenvalue weighted by molar-refractivity contribution is 6.24. The fraction of sp³-hybridized carbons (Fsp3) is 0.105. The average Bonchev–Trinajstić information content (AvgIpc) is 3.55. The van der Waals surface area contributed by atoms with Crippen molar-refractivity contribution in [1.29, 1.82) is 15.8 Å². The van der Waals surface area contributed by atoms with Crippen LogP contribution in [0, 0.1) is 34.1 Å². The standard InChI is InChI=1S/C38H20F6N6/c1-2-4-27-28(6-3-5-21-7-12-25(13-8-21)37(39,40)41)32(48-20-47)36-34(27)49-35-31(24(18-45)19-46)30-17-23(11-16-29(30)33(35)50-36)22-9-14-26(15-10-22)38(42,43)44/h2-5,7-17H,6H2,1H3/b4-2-,5-3+,48-32+. The topological polar surface area (TPSA) is 110 Å². The first-order chi connectivity index (χ1) is 23.9. The van der Waals surface area contributed by atoms with Crippen molar-refractivity contribution >= 4 is 22.9 Å². The molecule has 1 aromatic heterocycles. The second-order valence-electron chi connectivity index (χ2n) is 11.1. The largest absolute Gasteiger partial charge is 0.416 e. The molecule has 244 valence electrons. The molecule has 6 nitrogen and oxygen atoms in total. The fourth-order valence-electron chi connectivity index (χ4n) is 5.89. The van der Waals surface area contributed by atoms with Crippen molar-refractivity contribution in [3.8, 4) is 40.7 Å². The molecule has 4 aromatic rings. The maximum atomic E-state index is 13.2. The number of benzene rings is 3. The number of hydrogen-bond acceptors (Lipinski definition) is 6. The first kappa shape index (κ1) is 33.3. The predicted molar refractivity (Wildman–Crippen MR) is 174 cm³/mol. The molecule has 0 bridgehead atoms. The maximum Gasteiger partial charge on any atom is 0.416 e. The summed E-state index contributed by atoms with van der Waals surface area (Å²) in [6, 6.07) is 18.2. The van der Waals surface area contributed by atoms with Crippen LogP contribution in [0.15, 0.2) is 101 Å². The van der Waals surface area contributed by atoms with Gasteiger partial charge < -0.3 is 0 Å². The molecule has 6 rings (SSSR count). The average molecular weight is 675 g/mol. The fourth-order valence-corrected chi connectivity index (χ4v) is 5.89. The third-order valence-electron chi connectivity index (χ3n) is 8.15. The molecule has 0 unspecified atom stereocenters. The molecule has 3 aromatic carbocycles. The third-order valence-corrected chi connectivity index (χ3v) is 8.15. The second kappa shape index (κ2) is 12.8. The number of nitriles is 3. The molecule has 2 aliphatic carbocycles. The van der Waals surface area contributed by atoms with Crippen molar-refractivity contribution in [1.82, 2.24) is 9.97 Å². The molecule has 0 spiro atoms. The van der Waals surface area contributed by atoms with Gasteiger partial charge in [0.1, 0.15) is 34.8 Å². The van der Waals surface area contributed by atoms with Crippen molar-refractivity contribution in [2.24, 2.45) is 4.99 Å². The van der Waals surface area contributed by atoms with Gasteiger partial charge in [-0.1, -0.05) is 60.7 Å². The Labute approximate surface area is 281 Å². The van der Waals surface area contributed by atoms with Gasteiger partial charge in [0.2, 0.25) is 6.19 Å². The molecule has 12 heteroatoms.